The fourth-order valence-electron chi connectivity index (χ4n) is 2.19. The summed E-state index contributed by atoms with van der Waals surface area (Å²) >= 11 is 7.27. The third-order valence-corrected chi connectivity index (χ3v) is 4.95. The molecule has 0 saturated carbocycles. The second kappa shape index (κ2) is 7.76. The number of rotatable bonds is 5. The lowest BCUT2D eigenvalue weighted by atomic mass is 10.2. The SMILES string of the molecule is C[C@@H](Sc1nnc(-c2ccccc2Cl)n1N)C(=O)Nc1ccccc1F. The number of thioether (sulfide) groups is 1. The van der Waals surface area contributed by atoms with E-state index in [9.17, 15) is 9.18 Å². The molecule has 0 fully saturated rings. The average molecular weight is 392 g/mol. The first-order valence-corrected chi connectivity index (χ1v) is 8.90. The number of carbonyl (C=O) groups is 1. The molecule has 0 aliphatic rings. The largest absolute Gasteiger partial charge is 0.335 e. The lowest BCUT2D eigenvalue weighted by molar-refractivity contribution is -0.115. The van der Waals surface area contributed by atoms with E-state index in [0.29, 0.717) is 21.6 Å². The van der Waals surface area contributed by atoms with Gasteiger partial charge in [0.05, 0.1) is 16.0 Å². The summed E-state index contributed by atoms with van der Waals surface area (Å²) in [5.74, 6) is 5.57. The van der Waals surface area contributed by atoms with Crippen LogP contribution < -0.4 is 11.2 Å². The van der Waals surface area contributed by atoms with Crippen molar-refractivity contribution >= 4 is 35.0 Å². The lowest BCUT2D eigenvalue weighted by Gasteiger charge is -2.12. The molecule has 134 valence electrons. The van der Waals surface area contributed by atoms with Crippen molar-refractivity contribution in [1.82, 2.24) is 14.9 Å². The first-order chi connectivity index (χ1) is 12.5. The maximum atomic E-state index is 13.7. The van der Waals surface area contributed by atoms with Crippen molar-refractivity contribution in [2.75, 3.05) is 11.2 Å². The van der Waals surface area contributed by atoms with Gasteiger partial charge in [-0.1, -0.05) is 47.6 Å². The number of aromatic nitrogens is 3. The van der Waals surface area contributed by atoms with Gasteiger partial charge in [0, 0.05) is 5.56 Å². The lowest BCUT2D eigenvalue weighted by Crippen LogP contribution is -2.24. The summed E-state index contributed by atoms with van der Waals surface area (Å²) in [6.45, 7) is 1.67. The summed E-state index contributed by atoms with van der Waals surface area (Å²) < 4.78 is 14.9. The Kier molecular flexibility index (Phi) is 5.43. The number of hydrogen-bond acceptors (Lipinski definition) is 5. The van der Waals surface area contributed by atoms with Crippen LogP contribution in [-0.4, -0.2) is 26.0 Å². The zero-order valence-corrected chi connectivity index (χ0v) is 15.3. The third-order valence-electron chi connectivity index (χ3n) is 3.56. The van der Waals surface area contributed by atoms with Gasteiger partial charge in [-0.15, -0.1) is 10.2 Å². The van der Waals surface area contributed by atoms with E-state index < -0.39 is 11.1 Å². The van der Waals surface area contributed by atoms with Crippen molar-refractivity contribution in [3.8, 4) is 11.4 Å². The number of nitrogen functional groups attached to an aromatic ring is 1. The Hall–Kier alpha value is -2.58. The van der Waals surface area contributed by atoms with Crippen LogP contribution in [0.25, 0.3) is 11.4 Å². The minimum atomic E-state index is -0.569. The molecule has 3 aromatic rings. The van der Waals surface area contributed by atoms with Gasteiger partial charge in [-0.2, -0.15) is 0 Å². The third kappa shape index (κ3) is 3.81. The van der Waals surface area contributed by atoms with Gasteiger partial charge < -0.3 is 11.2 Å². The maximum absolute atomic E-state index is 13.7. The van der Waals surface area contributed by atoms with E-state index in [2.05, 4.69) is 15.5 Å². The Morgan fingerprint density at radius 2 is 1.92 bits per heavy atom. The van der Waals surface area contributed by atoms with Crippen LogP contribution in [0.1, 0.15) is 6.92 Å². The normalized spacial score (nSPS) is 12.0. The molecule has 2 aromatic carbocycles. The van der Waals surface area contributed by atoms with Crippen molar-refractivity contribution in [3.05, 3.63) is 59.4 Å². The minimum Gasteiger partial charge on any atom is -0.335 e. The Morgan fingerprint density at radius 1 is 1.23 bits per heavy atom. The van der Waals surface area contributed by atoms with Crippen molar-refractivity contribution < 1.29 is 9.18 Å². The molecule has 1 atom stereocenters. The Balaban J connectivity index is 1.74. The average Bonchev–Trinajstić information content (AvgIpc) is 2.98. The number of anilines is 1. The molecule has 6 nitrogen and oxygen atoms in total. The van der Waals surface area contributed by atoms with Gasteiger partial charge >= 0.3 is 0 Å². The number of nitrogens with zero attached hydrogens (tertiary/aromatic N) is 3. The molecular weight excluding hydrogens is 377 g/mol. The minimum absolute atomic E-state index is 0.121. The molecule has 1 heterocycles. The number of benzene rings is 2. The molecule has 3 N–H and O–H groups in total. The zero-order chi connectivity index (χ0) is 18.7. The number of hydrogen-bond donors (Lipinski definition) is 2. The van der Waals surface area contributed by atoms with Crippen LogP contribution in [0.15, 0.2) is 53.7 Å². The van der Waals surface area contributed by atoms with Crippen LogP contribution in [0.5, 0.6) is 0 Å². The van der Waals surface area contributed by atoms with E-state index in [1.54, 1.807) is 37.3 Å². The summed E-state index contributed by atoms with van der Waals surface area (Å²) in [7, 11) is 0. The van der Waals surface area contributed by atoms with Crippen LogP contribution in [0, 0.1) is 5.82 Å². The van der Waals surface area contributed by atoms with Gasteiger partial charge in [0.25, 0.3) is 0 Å². The molecule has 0 spiro atoms. The molecule has 9 heteroatoms. The number of nitrogens with two attached hydrogens (primary N) is 1. The van der Waals surface area contributed by atoms with E-state index in [1.807, 2.05) is 6.07 Å². The highest BCUT2D eigenvalue weighted by atomic mass is 35.5. The number of nitrogens with one attached hydrogen (secondary N) is 1. The van der Waals surface area contributed by atoms with Crippen LogP contribution in [0.3, 0.4) is 0 Å². The highest BCUT2D eigenvalue weighted by molar-refractivity contribution is 8.00. The predicted octanol–water partition coefficient (Wildman–Crippen LogP) is 3.57. The Labute approximate surface area is 158 Å². The topological polar surface area (TPSA) is 85.8 Å². The van der Waals surface area contributed by atoms with Gasteiger partial charge in [0.15, 0.2) is 5.82 Å². The molecule has 1 aromatic heterocycles. The number of carbonyl (C=O) groups excluding carboxylic acids is 1. The number of amides is 1. The van der Waals surface area contributed by atoms with Gasteiger partial charge in [-0.25, -0.2) is 9.07 Å². The maximum Gasteiger partial charge on any atom is 0.237 e. The van der Waals surface area contributed by atoms with Crippen LogP contribution >= 0.6 is 23.4 Å². The summed E-state index contributed by atoms with van der Waals surface area (Å²) in [6.07, 6.45) is 0. The van der Waals surface area contributed by atoms with E-state index in [-0.39, 0.29) is 11.6 Å². The standard InChI is InChI=1S/C17H15ClFN5OS/c1-10(16(25)21-14-9-5-4-8-13(14)19)26-17-23-22-15(24(17)20)11-6-2-3-7-12(11)18/h2-10H,20H2,1H3,(H,21,25)/t10-/m1/s1. The molecule has 0 aliphatic carbocycles. The van der Waals surface area contributed by atoms with Crippen molar-refractivity contribution in [2.24, 2.45) is 0 Å². The first kappa shape index (κ1) is 18.2. The van der Waals surface area contributed by atoms with Gasteiger partial charge in [-0.05, 0) is 31.2 Å². The highest BCUT2D eigenvalue weighted by Crippen LogP contribution is 2.29. The van der Waals surface area contributed by atoms with E-state index >= 15 is 0 Å². The van der Waals surface area contributed by atoms with Crippen LogP contribution in [0.4, 0.5) is 10.1 Å². The summed E-state index contributed by atoms with van der Waals surface area (Å²) in [5.41, 5.74) is 0.760. The molecule has 0 unspecified atom stereocenters. The second-order valence-corrected chi connectivity index (χ2v) is 7.10. The monoisotopic (exact) mass is 391 g/mol. The summed E-state index contributed by atoms with van der Waals surface area (Å²) in [4.78, 5) is 12.3. The molecule has 26 heavy (non-hydrogen) atoms. The molecule has 0 bridgehead atoms. The molecule has 0 aliphatic heterocycles. The van der Waals surface area contributed by atoms with Crippen molar-refractivity contribution in [3.63, 3.8) is 0 Å². The van der Waals surface area contributed by atoms with Crippen molar-refractivity contribution in [2.45, 2.75) is 17.3 Å². The van der Waals surface area contributed by atoms with Crippen LogP contribution in [0.2, 0.25) is 5.02 Å². The second-order valence-electron chi connectivity index (χ2n) is 5.39. The predicted molar refractivity (Wildman–Crippen MR) is 101 cm³/mol. The van der Waals surface area contributed by atoms with Gasteiger partial charge in [0.2, 0.25) is 11.1 Å². The Morgan fingerprint density at radius 3 is 2.65 bits per heavy atom. The zero-order valence-electron chi connectivity index (χ0n) is 13.7. The summed E-state index contributed by atoms with van der Waals surface area (Å²) in [5, 5.41) is 10.9. The van der Waals surface area contributed by atoms with E-state index in [4.69, 9.17) is 17.4 Å². The molecule has 1 amide bonds. The summed E-state index contributed by atoms with van der Waals surface area (Å²) in [6, 6.07) is 13.1. The first-order valence-electron chi connectivity index (χ1n) is 7.65. The fourth-order valence-corrected chi connectivity index (χ4v) is 3.18. The highest BCUT2D eigenvalue weighted by Gasteiger charge is 2.21. The van der Waals surface area contributed by atoms with Crippen molar-refractivity contribution in [1.29, 1.82) is 0 Å². The smallest absolute Gasteiger partial charge is 0.237 e. The van der Waals surface area contributed by atoms with Gasteiger partial charge in [-0.3, -0.25) is 4.79 Å². The molecule has 0 radical (unpaired) electrons. The molecule has 3 rings (SSSR count). The number of halogens is 2. The van der Waals surface area contributed by atoms with E-state index in [1.165, 1.54) is 16.8 Å². The van der Waals surface area contributed by atoms with E-state index in [0.717, 1.165) is 11.8 Å². The van der Waals surface area contributed by atoms with Gasteiger partial charge in [0.1, 0.15) is 5.82 Å². The quantitative estimate of drug-likeness (QED) is 0.513. The number of para-hydroxylation sites is 1. The fraction of sp³-hybridized carbons (Fsp3) is 0.118. The Bertz CT molecular complexity index is 948. The molecule has 0 saturated heterocycles. The van der Waals surface area contributed by atoms with Crippen LogP contribution in [-0.2, 0) is 4.79 Å². The molecular formula is C17H15ClFN5OS.